The average Bonchev–Trinajstić information content (AvgIpc) is 2.81. The summed E-state index contributed by atoms with van der Waals surface area (Å²) in [5, 5.41) is 3.61. The number of hydrogen-bond acceptors (Lipinski definition) is 3. The van der Waals surface area contributed by atoms with Gasteiger partial charge in [0.15, 0.2) is 0 Å². The Hall–Kier alpha value is -1.06. The molecule has 2 aliphatic heterocycles. The number of hydrogen-bond donors (Lipinski definition) is 1. The van der Waals surface area contributed by atoms with Gasteiger partial charge in [0.1, 0.15) is 11.9 Å². The molecule has 3 nitrogen and oxygen atoms in total. The molecule has 19 heavy (non-hydrogen) atoms. The van der Waals surface area contributed by atoms with Crippen LogP contribution in [-0.4, -0.2) is 43.2 Å². The molecule has 1 N–H and O–H groups in total. The lowest BCUT2D eigenvalue weighted by molar-refractivity contribution is 0.121. The van der Waals surface area contributed by atoms with E-state index in [0.717, 1.165) is 31.8 Å². The number of nitrogens with one attached hydrogen (secondary N) is 1. The third-order valence-electron chi connectivity index (χ3n) is 4.15. The molecule has 104 valence electrons. The molecule has 0 amide bonds. The zero-order valence-corrected chi connectivity index (χ0v) is 11.8. The second-order valence-corrected chi connectivity index (χ2v) is 5.75. The normalized spacial score (nSPS) is 27.0. The van der Waals surface area contributed by atoms with E-state index in [1.807, 2.05) is 0 Å². The lowest BCUT2D eigenvalue weighted by atomic mass is 10.1. The maximum absolute atomic E-state index is 6.04. The summed E-state index contributed by atoms with van der Waals surface area (Å²) in [6.45, 7) is 6.76. The van der Waals surface area contributed by atoms with Crippen LogP contribution in [0.4, 0.5) is 0 Å². The summed E-state index contributed by atoms with van der Waals surface area (Å²) in [6.07, 6.45) is 3.95. The van der Waals surface area contributed by atoms with Crippen LogP contribution in [0.5, 0.6) is 5.75 Å². The molecule has 1 fully saturated rings. The SMILES string of the molecule is CCCC1CN(CC2Cc3ccccc3O2)CCN1. The maximum Gasteiger partial charge on any atom is 0.123 e. The van der Waals surface area contributed by atoms with Crippen molar-refractivity contribution < 1.29 is 4.74 Å². The van der Waals surface area contributed by atoms with E-state index in [2.05, 4.69) is 41.4 Å². The number of para-hydroxylation sites is 1. The second kappa shape index (κ2) is 5.93. The van der Waals surface area contributed by atoms with Crippen molar-refractivity contribution in [2.75, 3.05) is 26.2 Å². The van der Waals surface area contributed by atoms with Gasteiger partial charge in [-0.2, -0.15) is 0 Å². The van der Waals surface area contributed by atoms with Crippen LogP contribution in [0.3, 0.4) is 0 Å². The predicted molar refractivity (Wildman–Crippen MR) is 77.7 cm³/mol. The minimum atomic E-state index is 0.345. The summed E-state index contributed by atoms with van der Waals surface area (Å²) in [7, 11) is 0. The molecule has 0 bridgehead atoms. The Morgan fingerprint density at radius 1 is 1.37 bits per heavy atom. The summed E-state index contributed by atoms with van der Waals surface area (Å²) in [6, 6.07) is 9.11. The standard InChI is InChI=1S/C16H24N2O/c1-2-5-14-11-18(9-8-17-14)12-15-10-13-6-3-4-7-16(13)19-15/h3-4,6-7,14-15,17H,2,5,8-12H2,1H3. The highest BCUT2D eigenvalue weighted by Gasteiger charge is 2.26. The van der Waals surface area contributed by atoms with E-state index in [9.17, 15) is 0 Å². The number of piperazine rings is 1. The number of ether oxygens (including phenoxy) is 1. The minimum absolute atomic E-state index is 0.345. The van der Waals surface area contributed by atoms with E-state index in [-0.39, 0.29) is 0 Å². The molecule has 2 atom stereocenters. The summed E-state index contributed by atoms with van der Waals surface area (Å²) in [5.74, 6) is 1.09. The van der Waals surface area contributed by atoms with Gasteiger partial charge in [-0.05, 0) is 18.1 Å². The number of nitrogens with zero attached hydrogens (tertiary/aromatic N) is 1. The topological polar surface area (TPSA) is 24.5 Å². The monoisotopic (exact) mass is 260 g/mol. The molecule has 3 heteroatoms. The lowest BCUT2D eigenvalue weighted by Crippen LogP contribution is -2.52. The predicted octanol–water partition coefficient (Wildman–Crippen LogP) is 2.06. The first-order valence-corrected chi connectivity index (χ1v) is 7.55. The fourth-order valence-electron chi connectivity index (χ4n) is 3.25. The van der Waals surface area contributed by atoms with Gasteiger partial charge in [-0.25, -0.2) is 0 Å². The molecule has 0 aliphatic carbocycles. The number of fused-ring (bicyclic) bond motifs is 1. The van der Waals surface area contributed by atoms with Crippen molar-refractivity contribution >= 4 is 0 Å². The Labute approximate surface area is 115 Å². The van der Waals surface area contributed by atoms with Crippen LogP contribution in [0.2, 0.25) is 0 Å². The molecule has 0 aromatic heterocycles. The van der Waals surface area contributed by atoms with Crippen LogP contribution >= 0.6 is 0 Å². The van der Waals surface area contributed by atoms with E-state index in [4.69, 9.17) is 4.74 Å². The Bertz CT molecular complexity index is 394. The molecule has 0 saturated carbocycles. The first-order valence-electron chi connectivity index (χ1n) is 7.55. The molecule has 2 aliphatic rings. The Morgan fingerprint density at radius 3 is 3.11 bits per heavy atom. The molecular formula is C16H24N2O. The van der Waals surface area contributed by atoms with Gasteiger partial charge in [-0.3, -0.25) is 4.90 Å². The first kappa shape index (κ1) is 12.9. The summed E-state index contributed by atoms with van der Waals surface area (Å²) in [4.78, 5) is 2.56. The zero-order valence-electron chi connectivity index (χ0n) is 11.8. The van der Waals surface area contributed by atoms with E-state index in [0.29, 0.717) is 12.1 Å². The van der Waals surface area contributed by atoms with Crippen LogP contribution in [0, 0.1) is 0 Å². The first-order chi connectivity index (χ1) is 9.35. The summed E-state index contributed by atoms with van der Waals surface area (Å²) >= 11 is 0. The molecule has 2 unspecified atom stereocenters. The van der Waals surface area contributed by atoms with Gasteiger partial charge in [0.25, 0.3) is 0 Å². The number of benzene rings is 1. The van der Waals surface area contributed by atoms with Gasteiger partial charge >= 0.3 is 0 Å². The van der Waals surface area contributed by atoms with Gasteiger partial charge in [0.2, 0.25) is 0 Å². The Balaban J connectivity index is 1.53. The van der Waals surface area contributed by atoms with Gasteiger partial charge < -0.3 is 10.1 Å². The third kappa shape index (κ3) is 3.10. The highest BCUT2D eigenvalue weighted by molar-refractivity contribution is 5.37. The molecule has 3 rings (SSSR count). The smallest absolute Gasteiger partial charge is 0.123 e. The Morgan fingerprint density at radius 2 is 2.26 bits per heavy atom. The fraction of sp³-hybridized carbons (Fsp3) is 0.625. The van der Waals surface area contributed by atoms with E-state index >= 15 is 0 Å². The van der Waals surface area contributed by atoms with Crippen molar-refractivity contribution in [3.05, 3.63) is 29.8 Å². The highest BCUT2D eigenvalue weighted by atomic mass is 16.5. The van der Waals surface area contributed by atoms with Crippen LogP contribution in [0.15, 0.2) is 24.3 Å². The average molecular weight is 260 g/mol. The lowest BCUT2D eigenvalue weighted by Gasteiger charge is -2.34. The molecule has 0 spiro atoms. The second-order valence-electron chi connectivity index (χ2n) is 5.75. The van der Waals surface area contributed by atoms with E-state index < -0.39 is 0 Å². The molecule has 1 aromatic rings. The van der Waals surface area contributed by atoms with Gasteiger partial charge in [-0.1, -0.05) is 31.5 Å². The van der Waals surface area contributed by atoms with Gasteiger partial charge in [-0.15, -0.1) is 0 Å². The molecule has 1 aromatic carbocycles. The summed E-state index contributed by atoms with van der Waals surface area (Å²) in [5.41, 5.74) is 1.37. The number of rotatable bonds is 4. The van der Waals surface area contributed by atoms with E-state index in [1.165, 1.54) is 24.9 Å². The fourth-order valence-corrected chi connectivity index (χ4v) is 3.25. The van der Waals surface area contributed by atoms with Crippen LogP contribution in [0.25, 0.3) is 0 Å². The van der Waals surface area contributed by atoms with Crippen molar-refractivity contribution in [1.29, 1.82) is 0 Å². The quantitative estimate of drug-likeness (QED) is 0.897. The van der Waals surface area contributed by atoms with Crippen LogP contribution in [-0.2, 0) is 6.42 Å². The third-order valence-corrected chi connectivity index (χ3v) is 4.15. The van der Waals surface area contributed by atoms with Crippen molar-refractivity contribution in [3.63, 3.8) is 0 Å². The maximum atomic E-state index is 6.04. The van der Waals surface area contributed by atoms with Gasteiger partial charge in [0.05, 0.1) is 0 Å². The molecule has 1 saturated heterocycles. The van der Waals surface area contributed by atoms with Crippen LogP contribution in [0.1, 0.15) is 25.3 Å². The van der Waals surface area contributed by atoms with Crippen molar-refractivity contribution in [2.45, 2.75) is 38.3 Å². The summed E-state index contributed by atoms with van der Waals surface area (Å²) < 4.78 is 6.04. The Kier molecular flexibility index (Phi) is 4.04. The minimum Gasteiger partial charge on any atom is -0.488 e. The van der Waals surface area contributed by atoms with E-state index in [1.54, 1.807) is 0 Å². The zero-order chi connectivity index (χ0) is 13.1. The molecule has 0 radical (unpaired) electrons. The highest BCUT2D eigenvalue weighted by Crippen LogP contribution is 2.28. The molecule has 2 heterocycles. The van der Waals surface area contributed by atoms with Crippen molar-refractivity contribution in [3.8, 4) is 5.75 Å². The van der Waals surface area contributed by atoms with Crippen molar-refractivity contribution in [2.24, 2.45) is 0 Å². The largest absolute Gasteiger partial charge is 0.488 e. The molecular weight excluding hydrogens is 236 g/mol. The van der Waals surface area contributed by atoms with Crippen molar-refractivity contribution in [1.82, 2.24) is 10.2 Å². The van der Waals surface area contributed by atoms with Crippen LogP contribution < -0.4 is 10.1 Å². The van der Waals surface area contributed by atoms with Gasteiger partial charge in [0, 0.05) is 38.6 Å².